The number of aryl methyl sites for hydroxylation is 2. The number of rotatable bonds is 3. The SMILES string of the molecule is C[C@H](O)CCc1cc(Br)nn1C. The molecule has 1 heterocycles. The maximum Gasteiger partial charge on any atom is 0.128 e. The molecule has 0 spiro atoms. The van der Waals surface area contributed by atoms with Crippen LogP contribution in [-0.4, -0.2) is 21.0 Å². The third-order valence-corrected chi connectivity index (χ3v) is 2.15. The smallest absolute Gasteiger partial charge is 0.128 e. The molecule has 68 valence electrons. The van der Waals surface area contributed by atoms with Crippen LogP contribution in [0.5, 0.6) is 0 Å². The van der Waals surface area contributed by atoms with Gasteiger partial charge in [0.05, 0.1) is 6.10 Å². The molecule has 0 aliphatic rings. The monoisotopic (exact) mass is 232 g/mol. The Hall–Kier alpha value is -0.350. The molecule has 0 bridgehead atoms. The molecule has 0 saturated carbocycles. The van der Waals surface area contributed by atoms with Crippen molar-refractivity contribution in [1.82, 2.24) is 9.78 Å². The van der Waals surface area contributed by atoms with Crippen LogP contribution in [0.3, 0.4) is 0 Å². The lowest BCUT2D eigenvalue weighted by Gasteiger charge is -2.03. The molecule has 1 aromatic heterocycles. The third kappa shape index (κ3) is 2.60. The van der Waals surface area contributed by atoms with E-state index in [9.17, 15) is 0 Å². The van der Waals surface area contributed by atoms with Gasteiger partial charge in [0.15, 0.2) is 0 Å². The molecule has 0 unspecified atom stereocenters. The van der Waals surface area contributed by atoms with Crippen molar-refractivity contribution in [2.24, 2.45) is 7.05 Å². The van der Waals surface area contributed by atoms with Crippen LogP contribution >= 0.6 is 15.9 Å². The summed E-state index contributed by atoms with van der Waals surface area (Å²) in [7, 11) is 1.90. The second-order valence-electron chi connectivity index (χ2n) is 2.97. The Morgan fingerprint density at radius 2 is 2.42 bits per heavy atom. The average Bonchev–Trinajstić information content (AvgIpc) is 2.26. The molecule has 1 aromatic rings. The first-order chi connectivity index (χ1) is 5.59. The molecule has 0 aliphatic heterocycles. The van der Waals surface area contributed by atoms with Gasteiger partial charge >= 0.3 is 0 Å². The van der Waals surface area contributed by atoms with Gasteiger partial charge in [-0.25, -0.2) is 0 Å². The van der Waals surface area contributed by atoms with Crippen molar-refractivity contribution >= 4 is 15.9 Å². The van der Waals surface area contributed by atoms with E-state index in [1.54, 1.807) is 6.92 Å². The van der Waals surface area contributed by atoms with Crippen LogP contribution in [0.25, 0.3) is 0 Å². The molecule has 1 rings (SSSR count). The highest BCUT2D eigenvalue weighted by Gasteiger charge is 2.03. The van der Waals surface area contributed by atoms with Gasteiger partial charge in [-0.2, -0.15) is 5.10 Å². The minimum Gasteiger partial charge on any atom is -0.393 e. The Morgan fingerprint density at radius 1 is 1.75 bits per heavy atom. The van der Waals surface area contributed by atoms with E-state index in [4.69, 9.17) is 5.11 Å². The number of aliphatic hydroxyl groups is 1. The summed E-state index contributed by atoms with van der Waals surface area (Å²) in [5, 5.41) is 13.2. The first-order valence-corrected chi connectivity index (χ1v) is 4.75. The van der Waals surface area contributed by atoms with Gasteiger partial charge in [0.2, 0.25) is 0 Å². The topological polar surface area (TPSA) is 38.1 Å². The largest absolute Gasteiger partial charge is 0.393 e. The van der Waals surface area contributed by atoms with Gasteiger partial charge in [-0.3, -0.25) is 4.68 Å². The molecule has 0 amide bonds. The van der Waals surface area contributed by atoms with Crippen LogP contribution in [0.4, 0.5) is 0 Å². The van der Waals surface area contributed by atoms with Crippen LogP contribution in [0.1, 0.15) is 19.0 Å². The second kappa shape index (κ2) is 4.05. The van der Waals surface area contributed by atoms with Crippen LogP contribution in [0.2, 0.25) is 0 Å². The van der Waals surface area contributed by atoms with E-state index >= 15 is 0 Å². The van der Waals surface area contributed by atoms with Crippen LogP contribution < -0.4 is 0 Å². The van der Waals surface area contributed by atoms with Crippen molar-refractivity contribution in [2.75, 3.05) is 0 Å². The van der Waals surface area contributed by atoms with Crippen molar-refractivity contribution in [3.8, 4) is 0 Å². The summed E-state index contributed by atoms with van der Waals surface area (Å²) in [6, 6.07) is 1.97. The van der Waals surface area contributed by atoms with E-state index in [1.807, 2.05) is 17.8 Å². The minimum atomic E-state index is -0.237. The van der Waals surface area contributed by atoms with Crippen molar-refractivity contribution in [2.45, 2.75) is 25.9 Å². The molecule has 1 N–H and O–H groups in total. The number of nitrogens with zero attached hydrogens (tertiary/aromatic N) is 2. The second-order valence-corrected chi connectivity index (χ2v) is 3.78. The molecular formula is C8H13BrN2O. The van der Waals surface area contributed by atoms with Gasteiger partial charge in [0.25, 0.3) is 0 Å². The van der Waals surface area contributed by atoms with Gasteiger partial charge < -0.3 is 5.11 Å². The summed E-state index contributed by atoms with van der Waals surface area (Å²) in [6.07, 6.45) is 1.41. The lowest BCUT2D eigenvalue weighted by molar-refractivity contribution is 0.184. The molecular weight excluding hydrogens is 220 g/mol. The van der Waals surface area contributed by atoms with Gasteiger partial charge in [-0.15, -0.1) is 0 Å². The molecule has 0 saturated heterocycles. The van der Waals surface area contributed by atoms with Gasteiger partial charge in [-0.05, 0) is 41.8 Å². The van der Waals surface area contributed by atoms with E-state index in [0.29, 0.717) is 0 Å². The molecule has 3 nitrogen and oxygen atoms in total. The Morgan fingerprint density at radius 3 is 2.83 bits per heavy atom. The minimum absolute atomic E-state index is 0.237. The van der Waals surface area contributed by atoms with Crippen molar-refractivity contribution in [1.29, 1.82) is 0 Å². The van der Waals surface area contributed by atoms with E-state index in [-0.39, 0.29) is 6.10 Å². The quantitative estimate of drug-likeness (QED) is 0.858. The summed E-state index contributed by atoms with van der Waals surface area (Å²) in [5.41, 5.74) is 1.14. The average molecular weight is 233 g/mol. The zero-order valence-corrected chi connectivity index (χ0v) is 8.87. The molecule has 0 aliphatic carbocycles. The summed E-state index contributed by atoms with van der Waals surface area (Å²) in [6.45, 7) is 1.80. The number of hydrogen-bond donors (Lipinski definition) is 1. The first kappa shape index (κ1) is 9.74. The highest BCUT2D eigenvalue weighted by Crippen LogP contribution is 2.11. The fraction of sp³-hybridized carbons (Fsp3) is 0.625. The van der Waals surface area contributed by atoms with Crippen LogP contribution in [0, 0.1) is 0 Å². The number of aliphatic hydroxyl groups excluding tert-OH is 1. The Bertz CT molecular complexity index is 258. The fourth-order valence-corrected chi connectivity index (χ4v) is 1.56. The number of aromatic nitrogens is 2. The summed E-state index contributed by atoms with van der Waals surface area (Å²) < 4.78 is 2.68. The first-order valence-electron chi connectivity index (χ1n) is 3.96. The maximum atomic E-state index is 9.07. The highest BCUT2D eigenvalue weighted by atomic mass is 79.9. The normalized spacial score (nSPS) is 13.3. The fourth-order valence-electron chi connectivity index (χ4n) is 1.06. The standard InChI is InChI=1S/C8H13BrN2O/c1-6(12)3-4-7-5-8(9)10-11(7)2/h5-6,12H,3-4H2,1-2H3/t6-/m0/s1. The molecule has 0 fully saturated rings. The predicted molar refractivity (Wildman–Crippen MR) is 50.9 cm³/mol. The van der Waals surface area contributed by atoms with E-state index in [0.717, 1.165) is 23.1 Å². The van der Waals surface area contributed by atoms with Gasteiger partial charge in [-0.1, -0.05) is 0 Å². The Labute approximate surface area is 80.5 Å². The molecule has 12 heavy (non-hydrogen) atoms. The molecule has 1 atom stereocenters. The van der Waals surface area contributed by atoms with E-state index in [2.05, 4.69) is 21.0 Å². The summed E-state index contributed by atoms with van der Waals surface area (Å²) >= 11 is 3.30. The zero-order valence-electron chi connectivity index (χ0n) is 7.29. The van der Waals surface area contributed by atoms with E-state index < -0.39 is 0 Å². The maximum absolute atomic E-state index is 9.07. The zero-order chi connectivity index (χ0) is 9.14. The third-order valence-electron chi connectivity index (χ3n) is 1.77. The number of halogens is 1. The number of hydrogen-bond acceptors (Lipinski definition) is 2. The van der Waals surface area contributed by atoms with Crippen molar-refractivity contribution < 1.29 is 5.11 Å². The van der Waals surface area contributed by atoms with Gasteiger partial charge in [0.1, 0.15) is 4.60 Å². The van der Waals surface area contributed by atoms with Gasteiger partial charge in [0, 0.05) is 12.7 Å². The predicted octanol–water partition coefficient (Wildman–Crippen LogP) is 1.50. The van der Waals surface area contributed by atoms with E-state index in [1.165, 1.54) is 0 Å². The molecule has 0 aromatic carbocycles. The van der Waals surface area contributed by atoms with Crippen molar-refractivity contribution in [3.63, 3.8) is 0 Å². The Kier molecular flexibility index (Phi) is 3.29. The lowest BCUT2D eigenvalue weighted by atomic mass is 10.2. The van der Waals surface area contributed by atoms with Crippen LogP contribution in [-0.2, 0) is 13.5 Å². The summed E-state index contributed by atoms with van der Waals surface area (Å²) in [5.74, 6) is 0. The lowest BCUT2D eigenvalue weighted by Crippen LogP contribution is -2.04. The highest BCUT2D eigenvalue weighted by molar-refractivity contribution is 9.10. The Balaban J connectivity index is 2.57. The van der Waals surface area contributed by atoms with Crippen molar-refractivity contribution in [3.05, 3.63) is 16.4 Å². The molecule has 0 radical (unpaired) electrons. The van der Waals surface area contributed by atoms with Crippen LogP contribution in [0.15, 0.2) is 10.7 Å². The summed E-state index contributed by atoms with van der Waals surface area (Å²) in [4.78, 5) is 0. The molecule has 4 heteroatoms.